The number of aromatic amines is 1. The molecule has 5 rings (SSSR count). The number of benzene rings is 3. The first-order valence-electron chi connectivity index (χ1n) is 13.3. The Morgan fingerprint density at radius 3 is 2.39 bits per heavy atom. The van der Waals surface area contributed by atoms with Crippen molar-refractivity contribution in [3.8, 4) is 0 Å². The van der Waals surface area contributed by atoms with Crippen molar-refractivity contribution in [1.82, 2.24) is 10.2 Å². The molecule has 0 saturated carbocycles. The standard InChI is InChI=1S/C30H29F2N5O4/c31-23-10-8-19(16-25-21-4-1-2-5-22(21)30(40)36-35-25)17-26(23)34-29(39)7-3-6-28(38)33-20-9-11-27(24(32)18-20)37-12-14-41-15-13-37/h1-2,4-5,8-11,17-18H,3,6-7,12-16H2,(H,33,38)(H,34,39)(H,36,40). The Morgan fingerprint density at radius 1 is 0.902 bits per heavy atom. The number of carbonyl (C=O) groups excluding carboxylic acids is 2. The van der Waals surface area contributed by atoms with Crippen LogP contribution in [0.25, 0.3) is 10.8 Å². The van der Waals surface area contributed by atoms with Crippen LogP contribution in [0.3, 0.4) is 0 Å². The first kappa shape index (κ1) is 27.9. The van der Waals surface area contributed by atoms with Crippen LogP contribution in [0.2, 0.25) is 0 Å². The molecule has 0 aliphatic carbocycles. The van der Waals surface area contributed by atoms with Gasteiger partial charge in [-0.2, -0.15) is 5.10 Å². The van der Waals surface area contributed by atoms with Crippen LogP contribution < -0.4 is 21.1 Å². The van der Waals surface area contributed by atoms with E-state index in [1.54, 1.807) is 36.4 Å². The van der Waals surface area contributed by atoms with Crippen LogP contribution in [-0.4, -0.2) is 48.3 Å². The number of rotatable bonds is 9. The molecule has 0 bridgehead atoms. The Labute approximate surface area is 234 Å². The molecule has 0 unspecified atom stereocenters. The third-order valence-corrected chi connectivity index (χ3v) is 6.84. The Balaban J connectivity index is 1.13. The third-order valence-electron chi connectivity index (χ3n) is 6.84. The molecule has 9 nitrogen and oxygen atoms in total. The van der Waals surface area contributed by atoms with E-state index in [2.05, 4.69) is 20.8 Å². The van der Waals surface area contributed by atoms with E-state index in [1.165, 1.54) is 18.2 Å². The van der Waals surface area contributed by atoms with Gasteiger partial charge in [0, 0.05) is 43.4 Å². The van der Waals surface area contributed by atoms with Crippen molar-refractivity contribution >= 4 is 39.6 Å². The molecule has 11 heteroatoms. The summed E-state index contributed by atoms with van der Waals surface area (Å²) in [4.78, 5) is 38.8. The smallest absolute Gasteiger partial charge is 0.272 e. The Morgan fingerprint density at radius 2 is 1.63 bits per heavy atom. The molecule has 0 atom stereocenters. The first-order valence-corrected chi connectivity index (χ1v) is 13.3. The molecular weight excluding hydrogens is 532 g/mol. The summed E-state index contributed by atoms with van der Waals surface area (Å²) >= 11 is 0. The molecule has 0 radical (unpaired) electrons. The minimum atomic E-state index is -0.596. The van der Waals surface area contributed by atoms with E-state index in [0.29, 0.717) is 66.1 Å². The van der Waals surface area contributed by atoms with Gasteiger partial charge in [0.15, 0.2) is 0 Å². The van der Waals surface area contributed by atoms with Crippen LogP contribution in [0.15, 0.2) is 65.5 Å². The van der Waals surface area contributed by atoms with Gasteiger partial charge in [-0.3, -0.25) is 14.4 Å². The van der Waals surface area contributed by atoms with Crippen molar-refractivity contribution in [2.75, 3.05) is 41.8 Å². The number of fused-ring (bicyclic) bond motifs is 1. The summed E-state index contributed by atoms with van der Waals surface area (Å²) in [5.41, 5.74) is 1.82. The minimum Gasteiger partial charge on any atom is -0.378 e. The molecular formula is C30H29F2N5O4. The molecule has 4 aromatic rings. The zero-order valence-electron chi connectivity index (χ0n) is 22.2. The first-order chi connectivity index (χ1) is 19.9. The number of nitrogens with one attached hydrogen (secondary N) is 3. The van der Waals surface area contributed by atoms with Crippen LogP contribution in [0.5, 0.6) is 0 Å². The van der Waals surface area contributed by atoms with E-state index < -0.39 is 17.5 Å². The van der Waals surface area contributed by atoms with Gasteiger partial charge in [-0.1, -0.05) is 24.3 Å². The Kier molecular flexibility index (Phi) is 8.64. The van der Waals surface area contributed by atoms with Crippen molar-refractivity contribution in [3.05, 3.63) is 93.9 Å². The van der Waals surface area contributed by atoms with Crippen LogP contribution in [0, 0.1) is 11.6 Å². The highest BCUT2D eigenvalue weighted by Crippen LogP contribution is 2.24. The zero-order valence-corrected chi connectivity index (χ0v) is 22.2. The van der Waals surface area contributed by atoms with E-state index in [-0.39, 0.29) is 36.4 Å². The Hall–Kier alpha value is -4.64. The van der Waals surface area contributed by atoms with Crippen molar-refractivity contribution in [3.63, 3.8) is 0 Å². The second-order valence-electron chi connectivity index (χ2n) is 9.75. The number of amides is 2. The normalized spacial score (nSPS) is 13.3. The van der Waals surface area contributed by atoms with Gasteiger partial charge >= 0.3 is 0 Å². The van der Waals surface area contributed by atoms with Crippen molar-refractivity contribution in [2.24, 2.45) is 0 Å². The molecule has 1 saturated heterocycles. The monoisotopic (exact) mass is 561 g/mol. The fraction of sp³-hybridized carbons (Fsp3) is 0.267. The molecule has 1 aromatic heterocycles. The summed E-state index contributed by atoms with van der Waals surface area (Å²) in [7, 11) is 0. The summed E-state index contributed by atoms with van der Waals surface area (Å²) in [6.07, 6.45) is 0.566. The maximum atomic E-state index is 14.6. The molecule has 41 heavy (non-hydrogen) atoms. The van der Waals surface area contributed by atoms with Gasteiger partial charge in [-0.15, -0.1) is 0 Å². The van der Waals surface area contributed by atoms with Crippen LogP contribution in [0.4, 0.5) is 25.8 Å². The molecule has 1 fully saturated rings. The van der Waals surface area contributed by atoms with Gasteiger partial charge < -0.3 is 20.3 Å². The maximum Gasteiger partial charge on any atom is 0.272 e. The molecule has 3 N–H and O–H groups in total. The fourth-order valence-corrected chi connectivity index (χ4v) is 4.77. The van der Waals surface area contributed by atoms with Crippen LogP contribution in [-0.2, 0) is 20.7 Å². The van der Waals surface area contributed by atoms with E-state index >= 15 is 0 Å². The number of aromatic nitrogens is 2. The average molecular weight is 562 g/mol. The minimum absolute atomic E-state index is 0.00642. The van der Waals surface area contributed by atoms with Gasteiger partial charge in [0.05, 0.1) is 35.7 Å². The van der Waals surface area contributed by atoms with Crippen molar-refractivity contribution in [1.29, 1.82) is 0 Å². The second kappa shape index (κ2) is 12.7. The lowest BCUT2D eigenvalue weighted by atomic mass is 10.0. The molecule has 1 aliphatic rings. The van der Waals surface area contributed by atoms with Gasteiger partial charge in [-0.05, 0) is 48.4 Å². The lowest BCUT2D eigenvalue weighted by Crippen LogP contribution is -2.36. The predicted molar refractivity (Wildman–Crippen MR) is 152 cm³/mol. The summed E-state index contributed by atoms with van der Waals surface area (Å²) in [5.74, 6) is -1.83. The summed E-state index contributed by atoms with van der Waals surface area (Å²) in [5, 5.41) is 13.0. The largest absolute Gasteiger partial charge is 0.378 e. The van der Waals surface area contributed by atoms with Crippen LogP contribution in [0.1, 0.15) is 30.5 Å². The number of H-pyrrole nitrogens is 1. The lowest BCUT2D eigenvalue weighted by Gasteiger charge is -2.29. The number of halogens is 2. The van der Waals surface area contributed by atoms with Gasteiger partial charge in [0.25, 0.3) is 5.56 Å². The number of hydrogen-bond acceptors (Lipinski definition) is 6. The number of anilines is 3. The van der Waals surface area contributed by atoms with Crippen molar-refractivity contribution in [2.45, 2.75) is 25.7 Å². The second-order valence-corrected chi connectivity index (χ2v) is 9.75. The number of ether oxygens (including phenoxy) is 1. The van der Waals surface area contributed by atoms with Crippen molar-refractivity contribution < 1.29 is 23.1 Å². The van der Waals surface area contributed by atoms with Crippen LogP contribution >= 0.6 is 0 Å². The van der Waals surface area contributed by atoms with E-state index in [0.717, 1.165) is 0 Å². The third kappa shape index (κ3) is 6.93. The molecule has 3 aromatic carbocycles. The average Bonchev–Trinajstić information content (AvgIpc) is 2.97. The quantitative estimate of drug-likeness (QED) is 0.279. The number of nitrogens with zero attached hydrogens (tertiary/aromatic N) is 2. The number of morpholine rings is 1. The summed E-state index contributed by atoms with van der Waals surface area (Å²) in [6, 6.07) is 16.0. The molecule has 2 amide bonds. The Bertz CT molecular complexity index is 1640. The van der Waals surface area contributed by atoms with E-state index in [1.807, 2.05) is 11.0 Å². The maximum absolute atomic E-state index is 14.6. The van der Waals surface area contributed by atoms with Gasteiger partial charge in [0.1, 0.15) is 11.6 Å². The van der Waals surface area contributed by atoms with E-state index in [9.17, 15) is 23.2 Å². The topological polar surface area (TPSA) is 116 Å². The summed E-state index contributed by atoms with van der Waals surface area (Å²) < 4.78 is 34.3. The van der Waals surface area contributed by atoms with Gasteiger partial charge in [-0.25, -0.2) is 13.9 Å². The highest BCUT2D eigenvalue weighted by molar-refractivity contribution is 5.93. The predicted octanol–water partition coefficient (Wildman–Crippen LogP) is 4.38. The molecule has 1 aliphatic heterocycles. The summed E-state index contributed by atoms with van der Waals surface area (Å²) in [6.45, 7) is 2.27. The number of hydrogen-bond donors (Lipinski definition) is 3. The molecule has 212 valence electrons. The van der Waals surface area contributed by atoms with Gasteiger partial charge in [0.2, 0.25) is 11.8 Å². The highest BCUT2D eigenvalue weighted by atomic mass is 19.1. The molecule has 2 heterocycles. The fourth-order valence-electron chi connectivity index (χ4n) is 4.77. The SMILES string of the molecule is O=C(CCCC(=O)Nc1cc(Cc2n[nH]c(=O)c3ccccc23)ccc1F)Nc1ccc(N2CCOCC2)c(F)c1. The lowest BCUT2D eigenvalue weighted by molar-refractivity contribution is -0.117. The molecule has 0 spiro atoms. The number of carbonyl (C=O) groups is 2. The zero-order chi connectivity index (χ0) is 28.8. The van der Waals surface area contributed by atoms with E-state index in [4.69, 9.17) is 4.74 Å². The highest BCUT2D eigenvalue weighted by Gasteiger charge is 2.16.